The normalized spacial score (nSPS) is 18.6. The van der Waals surface area contributed by atoms with Gasteiger partial charge < -0.3 is 10.4 Å². The zero-order valence-electron chi connectivity index (χ0n) is 14.0. The molecule has 0 aromatic heterocycles. The predicted octanol–water partition coefficient (Wildman–Crippen LogP) is 2.79. The van der Waals surface area contributed by atoms with Crippen LogP contribution in [0.15, 0.2) is 34.9 Å². The van der Waals surface area contributed by atoms with Crippen molar-refractivity contribution in [2.24, 2.45) is 0 Å². The Balaban J connectivity index is 0.000000321. The quantitative estimate of drug-likeness (QED) is 0.740. The number of alkyl halides is 3. The van der Waals surface area contributed by atoms with Crippen LogP contribution in [0, 0.1) is 0 Å². The highest BCUT2D eigenvalue weighted by molar-refractivity contribution is 6.31. The summed E-state index contributed by atoms with van der Waals surface area (Å²) in [4.78, 5) is 34.6. The number of rotatable bonds is 2. The number of hydrogen-bond donors (Lipinski definition) is 2. The van der Waals surface area contributed by atoms with Gasteiger partial charge in [-0.05, 0) is 37.1 Å². The number of imide groups is 1. The van der Waals surface area contributed by atoms with Crippen LogP contribution >= 0.6 is 11.6 Å². The van der Waals surface area contributed by atoms with E-state index in [1.54, 1.807) is 24.3 Å². The van der Waals surface area contributed by atoms with Gasteiger partial charge in [0.15, 0.2) is 0 Å². The largest absolute Gasteiger partial charge is 0.490 e. The summed E-state index contributed by atoms with van der Waals surface area (Å²) < 4.78 is 31.7. The monoisotopic (exact) mass is 404 g/mol. The average molecular weight is 405 g/mol. The number of halogens is 4. The molecule has 0 atom stereocenters. The second kappa shape index (κ2) is 8.53. The highest BCUT2D eigenvalue weighted by Gasteiger charge is 2.38. The highest BCUT2D eigenvalue weighted by atomic mass is 35.5. The first-order valence-corrected chi connectivity index (χ1v) is 8.33. The molecule has 1 aromatic rings. The summed E-state index contributed by atoms with van der Waals surface area (Å²) in [5, 5.41) is 11.0. The minimum Gasteiger partial charge on any atom is -0.475 e. The van der Waals surface area contributed by atoms with Crippen molar-refractivity contribution in [3.8, 4) is 0 Å². The minimum absolute atomic E-state index is 0.172. The smallest absolute Gasteiger partial charge is 0.475 e. The number of piperidine rings is 1. The maximum absolute atomic E-state index is 12.2. The predicted molar refractivity (Wildman–Crippen MR) is 90.5 cm³/mol. The number of nitrogens with zero attached hydrogens (tertiary/aromatic N) is 1. The van der Waals surface area contributed by atoms with Gasteiger partial charge in [-0.25, -0.2) is 4.79 Å². The summed E-state index contributed by atoms with van der Waals surface area (Å²) in [6.45, 7) is 1.90. The summed E-state index contributed by atoms with van der Waals surface area (Å²) in [5.74, 6) is -3.27. The molecule has 146 valence electrons. The molecular formula is C17H16ClF3N2O4. The summed E-state index contributed by atoms with van der Waals surface area (Å²) in [6, 6.07) is 6.88. The molecule has 0 bridgehead atoms. The number of nitrogens with one attached hydrogen (secondary N) is 1. The molecule has 2 amide bonds. The molecule has 3 rings (SSSR count). The Bertz CT molecular complexity index is 750. The molecule has 0 spiro atoms. The number of carbonyl (C=O) groups excluding carboxylic acids is 2. The third-order valence-corrected chi connectivity index (χ3v) is 4.36. The lowest BCUT2D eigenvalue weighted by Crippen LogP contribution is -2.32. The van der Waals surface area contributed by atoms with Crippen LogP contribution in [0.2, 0.25) is 0 Å². The maximum Gasteiger partial charge on any atom is 0.490 e. The van der Waals surface area contributed by atoms with Gasteiger partial charge in [0.2, 0.25) is 0 Å². The Morgan fingerprint density at radius 2 is 1.70 bits per heavy atom. The lowest BCUT2D eigenvalue weighted by molar-refractivity contribution is -0.192. The average Bonchev–Trinajstić information content (AvgIpc) is 2.87. The van der Waals surface area contributed by atoms with Crippen LogP contribution in [0.4, 0.5) is 13.2 Å². The van der Waals surface area contributed by atoms with Crippen molar-refractivity contribution in [3.05, 3.63) is 46.0 Å². The van der Waals surface area contributed by atoms with Crippen LogP contribution in [0.3, 0.4) is 0 Å². The van der Waals surface area contributed by atoms with Crippen LogP contribution in [-0.4, -0.2) is 53.6 Å². The van der Waals surface area contributed by atoms with Crippen LogP contribution in [0.25, 0.3) is 0 Å². The van der Waals surface area contributed by atoms with Gasteiger partial charge in [0.05, 0.1) is 17.7 Å². The third kappa shape index (κ3) is 5.08. The van der Waals surface area contributed by atoms with E-state index in [4.69, 9.17) is 21.5 Å². The first kappa shape index (κ1) is 20.9. The number of amides is 2. The molecular weight excluding hydrogens is 389 g/mol. The fourth-order valence-corrected chi connectivity index (χ4v) is 2.90. The molecule has 0 aliphatic carbocycles. The van der Waals surface area contributed by atoms with Gasteiger partial charge in [0.25, 0.3) is 11.8 Å². The van der Waals surface area contributed by atoms with E-state index in [-0.39, 0.29) is 18.4 Å². The van der Waals surface area contributed by atoms with E-state index in [1.165, 1.54) is 4.90 Å². The zero-order chi connectivity index (χ0) is 20.2. The van der Waals surface area contributed by atoms with Crippen LogP contribution in [0.1, 0.15) is 33.6 Å². The number of aliphatic carboxylic acids is 1. The Labute approximate surface area is 157 Å². The van der Waals surface area contributed by atoms with E-state index < -0.39 is 12.1 Å². The van der Waals surface area contributed by atoms with Gasteiger partial charge in [0.1, 0.15) is 0 Å². The standard InChI is InChI=1S/C15H15ClN2O2.C2HF3O2/c16-13(10-4-3-7-17-8-10)9-18-14(19)11-5-1-2-6-12(11)15(18)20;3-2(4,5)1(6)7/h1-2,5-6,17H,3-4,7-9H2;(H,6,7). The molecule has 0 radical (unpaired) electrons. The van der Waals surface area contributed by atoms with Gasteiger partial charge in [-0.2, -0.15) is 13.2 Å². The number of fused-ring (bicyclic) bond motifs is 1. The number of benzene rings is 1. The number of carboxylic acid groups (broad SMARTS) is 1. The third-order valence-electron chi connectivity index (χ3n) is 3.97. The summed E-state index contributed by atoms with van der Waals surface area (Å²) in [7, 11) is 0. The second-order valence-corrected chi connectivity index (χ2v) is 6.29. The van der Waals surface area contributed by atoms with E-state index in [2.05, 4.69) is 5.32 Å². The fraction of sp³-hybridized carbons (Fsp3) is 0.353. The zero-order valence-corrected chi connectivity index (χ0v) is 14.7. The lowest BCUT2D eigenvalue weighted by atomic mass is 10.1. The number of hydrogen-bond acceptors (Lipinski definition) is 4. The Kier molecular flexibility index (Phi) is 6.61. The lowest BCUT2D eigenvalue weighted by Gasteiger charge is -2.20. The molecule has 1 aromatic carbocycles. The fourth-order valence-electron chi connectivity index (χ4n) is 2.62. The van der Waals surface area contributed by atoms with Crippen LogP contribution in [0.5, 0.6) is 0 Å². The molecule has 1 fully saturated rings. The van der Waals surface area contributed by atoms with Crippen molar-refractivity contribution in [2.75, 3.05) is 19.6 Å². The minimum atomic E-state index is -5.08. The molecule has 2 aliphatic heterocycles. The topological polar surface area (TPSA) is 86.7 Å². The van der Waals surface area contributed by atoms with E-state index in [0.29, 0.717) is 16.2 Å². The second-order valence-electron chi connectivity index (χ2n) is 5.83. The molecule has 2 N–H and O–H groups in total. The molecule has 2 aliphatic rings. The van der Waals surface area contributed by atoms with E-state index >= 15 is 0 Å². The number of carbonyl (C=O) groups is 3. The molecule has 0 saturated carbocycles. The van der Waals surface area contributed by atoms with Gasteiger partial charge in [-0.3, -0.25) is 14.5 Å². The first-order valence-electron chi connectivity index (χ1n) is 7.95. The van der Waals surface area contributed by atoms with Gasteiger partial charge >= 0.3 is 12.1 Å². The Morgan fingerprint density at radius 3 is 2.11 bits per heavy atom. The van der Waals surface area contributed by atoms with Crippen molar-refractivity contribution in [1.29, 1.82) is 0 Å². The van der Waals surface area contributed by atoms with Gasteiger partial charge in [0, 0.05) is 11.6 Å². The highest BCUT2D eigenvalue weighted by Crippen LogP contribution is 2.26. The molecule has 0 unspecified atom stereocenters. The molecule has 1 saturated heterocycles. The van der Waals surface area contributed by atoms with Crippen LogP contribution in [-0.2, 0) is 4.79 Å². The Hall–Kier alpha value is -2.39. The molecule has 27 heavy (non-hydrogen) atoms. The van der Waals surface area contributed by atoms with Crippen LogP contribution < -0.4 is 5.32 Å². The van der Waals surface area contributed by atoms with Crippen molar-refractivity contribution in [3.63, 3.8) is 0 Å². The number of carboxylic acids is 1. The molecule has 6 nitrogen and oxygen atoms in total. The van der Waals surface area contributed by atoms with E-state index in [9.17, 15) is 22.8 Å². The molecule has 10 heteroatoms. The SMILES string of the molecule is O=C(O)C(F)(F)F.O=C1c2ccccc2C(=O)N1CC(Cl)=C1CCCNC1. The van der Waals surface area contributed by atoms with Gasteiger partial charge in [-0.1, -0.05) is 23.7 Å². The summed E-state index contributed by atoms with van der Waals surface area (Å²) in [5.41, 5.74) is 2.02. The van der Waals surface area contributed by atoms with E-state index in [1.807, 2.05) is 0 Å². The van der Waals surface area contributed by atoms with Crippen molar-refractivity contribution in [2.45, 2.75) is 19.0 Å². The maximum atomic E-state index is 12.2. The van der Waals surface area contributed by atoms with Gasteiger partial charge in [-0.15, -0.1) is 0 Å². The van der Waals surface area contributed by atoms with Crippen molar-refractivity contribution in [1.82, 2.24) is 10.2 Å². The Morgan fingerprint density at radius 1 is 1.19 bits per heavy atom. The first-order chi connectivity index (χ1) is 12.6. The molecule has 2 heterocycles. The van der Waals surface area contributed by atoms with E-state index in [0.717, 1.165) is 31.5 Å². The summed E-state index contributed by atoms with van der Waals surface area (Å²) >= 11 is 6.31. The van der Waals surface area contributed by atoms with Crippen molar-refractivity contribution >= 4 is 29.4 Å². The van der Waals surface area contributed by atoms with Crippen molar-refractivity contribution < 1.29 is 32.7 Å². The summed E-state index contributed by atoms with van der Waals surface area (Å²) in [6.07, 6.45) is -3.12.